The van der Waals surface area contributed by atoms with Gasteiger partial charge >= 0.3 is 6.03 Å². The number of morpholine rings is 1. The molecule has 1 aromatic rings. The Labute approximate surface area is 152 Å². The van der Waals surface area contributed by atoms with Crippen LogP contribution < -0.4 is 15.5 Å². The highest BCUT2D eigenvalue weighted by atomic mass is 19.1. The number of carbonyl (C=O) groups is 2. The van der Waals surface area contributed by atoms with Crippen molar-refractivity contribution in [3.63, 3.8) is 0 Å². The number of benzene rings is 1. The standard InChI is InChI=1S/C18H25FN4O3/c19-14-2-4-16(5-3-14)23-13-15(12-17(23)24)21-18(25)20-6-1-7-22-8-10-26-11-9-22/h2-5,15H,1,6-13H2,(H2,20,21,25)/t15-/m0/s1. The number of halogens is 1. The number of amides is 3. The van der Waals surface area contributed by atoms with Gasteiger partial charge in [0.05, 0.1) is 19.3 Å². The van der Waals surface area contributed by atoms with Gasteiger partial charge in [0.1, 0.15) is 5.82 Å². The monoisotopic (exact) mass is 364 g/mol. The molecule has 0 saturated carbocycles. The number of urea groups is 1. The molecule has 26 heavy (non-hydrogen) atoms. The lowest BCUT2D eigenvalue weighted by molar-refractivity contribution is -0.117. The summed E-state index contributed by atoms with van der Waals surface area (Å²) < 4.78 is 18.3. The van der Waals surface area contributed by atoms with Crippen molar-refractivity contribution in [1.29, 1.82) is 0 Å². The van der Waals surface area contributed by atoms with E-state index in [4.69, 9.17) is 4.74 Å². The van der Waals surface area contributed by atoms with Gasteiger partial charge in [0, 0.05) is 38.3 Å². The third-order valence-corrected chi connectivity index (χ3v) is 4.64. The summed E-state index contributed by atoms with van der Waals surface area (Å²) in [5.74, 6) is -0.416. The highest BCUT2D eigenvalue weighted by Crippen LogP contribution is 2.21. The summed E-state index contributed by atoms with van der Waals surface area (Å²) in [6.07, 6.45) is 1.12. The van der Waals surface area contributed by atoms with E-state index in [1.807, 2.05) is 0 Å². The normalized spacial score (nSPS) is 21.0. The molecular formula is C18H25FN4O3. The number of hydrogen-bond donors (Lipinski definition) is 2. The summed E-state index contributed by atoms with van der Waals surface area (Å²) in [4.78, 5) is 28.0. The van der Waals surface area contributed by atoms with Crippen LogP contribution in [-0.4, -0.2) is 68.8 Å². The second kappa shape index (κ2) is 8.95. The van der Waals surface area contributed by atoms with Gasteiger partial charge in [0.2, 0.25) is 5.91 Å². The number of nitrogens with one attached hydrogen (secondary N) is 2. The molecule has 0 bridgehead atoms. The molecule has 2 aliphatic rings. The number of rotatable bonds is 6. The Balaban J connectivity index is 1.36. The number of anilines is 1. The van der Waals surface area contributed by atoms with Crippen molar-refractivity contribution in [2.45, 2.75) is 18.9 Å². The number of hydrogen-bond acceptors (Lipinski definition) is 4. The molecule has 7 nitrogen and oxygen atoms in total. The molecule has 1 atom stereocenters. The van der Waals surface area contributed by atoms with Crippen LogP contribution in [0.5, 0.6) is 0 Å². The second-order valence-electron chi connectivity index (χ2n) is 6.59. The van der Waals surface area contributed by atoms with E-state index >= 15 is 0 Å². The molecule has 142 valence electrons. The van der Waals surface area contributed by atoms with Crippen molar-refractivity contribution in [1.82, 2.24) is 15.5 Å². The Kier molecular flexibility index (Phi) is 6.40. The second-order valence-corrected chi connectivity index (χ2v) is 6.59. The molecule has 2 fully saturated rings. The predicted molar refractivity (Wildman–Crippen MR) is 95.6 cm³/mol. The molecular weight excluding hydrogens is 339 g/mol. The first kappa shape index (κ1) is 18.6. The summed E-state index contributed by atoms with van der Waals surface area (Å²) in [5.41, 5.74) is 0.645. The van der Waals surface area contributed by atoms with Gasteiger partial charge in [-0.05, 0) is 37.2 Å². The van der Waals surface area contributed by atoms with Crippen molar-refractivity contribution in [3.05, 3.63) is 30.1 Å². The Morgan fingerprint density at radius 1 is 1.23 bits per heavy atom. The van der Waals surface area contributed by atoms with Gasteiger partial charge in [-0.1, -0.05) is 0 Å². The minimum Gasteiger partial charge on any atom is -0.379 e. The van der Waals surface area contributed by atoms with Gasteiger partial charge in [-0.2, -0.15) is 0 Å². The van der Waals surface area contributed by atoms with Gasteiger partial charge in [-0.25, -0.2) is 9.18 Å². The predicted octanol–water partition coefficient (Wildman–Crippen LogP) is 0.953. The van der Waals surface area contributed by atoms with Crippen LogP contribution in [0.15, 0.2) is 24.3 Å². The lowest BCUT2D eigenvalue weighted by atomic mass is 10.2. The Morgan fingerprint density at radius 2 is 1.96 bits per heavy atom. The van der Waals surface area contributed by atoms with E-state index in [1.165, 1.54) is 12.1 Å². The van der Waals surface area contributed by atoms with E-state index in [1.54, 1.807) is 17.0 Å². The fourth-order valence-electron chi connectivity index (χ4n) is 3.24. The smallest absolute Gasteiger partial charge is 0.315 e. The van der Waals surface area contributed by atoms with Crippen molar-refractivity contribution in [2.24, 2.45) is 0 Å². The van der Waals surface area contributed by atoms with Crippen molar-refractivity contribution in [3.8, 4) is 0 Å². The summed E-state index contributed by atoms with van der Waals surface area (Å²) in [6.45, 7) is 5.34. The maximum atomic E-state index is 13.0. The van der Waals surface area contributed by atoms with E-state index in [0.717, 1.165) is 39.3 Å². The fraction of sp³-hybridized carbons (Fsp3) is 0.556. The third-order valence-electron chi connectivity index (χ3n) is 4.64. The first-order valence-electron chi connectivity index (χ1n) is 9.02. The van der Waals surface area contributed by atoms with Crippen LogP contribution in [0.1, 0.15) is 12.8 Å². The number of ether oxygens (including phenoxy) is 1. The van der Waals surface area contributed by atoms with Crippen LogP contribution >= 0.6 is 0 Å². The van der Waals surface area contributed by atoms with E-state index in [2.05, 4.69) is 15.5 Å². The summed E-state index contributed by atoms with van der Waals surface area (Å²) in [6, 6.07) is 5.29. The topological polar surface area (TPSA) is 73.9 Å². The molecule has 3 amide bonds. The molecule has 0 aromatic heterocycles. The molecule has 2 saturated heterocycles. The first-order chi connectivity index (χ1) is 12.6. The SMILES string of the molecule is O=C(NCCCN1CCOCC1)N[C@H]1CC(=O)N(c2ccc(F)cc2)C1. The lowest BCUT2D eigenvalue weighted by Gasteiger charge is -2.26. The van der Waals surface area contributed by atoms with Gasteiger partial charge in [-0.3, -0.25) is 9.69 Å². The van der Waals surface area contributed by atoms with Crippen LogP contribution in [0, 0.1) is 5.82 Å². The summed E-state index contributed by atoms with van der Waals surface area (Å²) in [5, 5.41) is 5.68. The number of carbonyl (C=O) groups excluding carboxylic acids is 2. The van der Waals surface area contributed by atoms with E-state index in [0.29, 0.717) is 18.8 Å². The highest BCUT2D eigenvalue weighted by Gasteiger charge is 2.31. The first-order valence-corrected chi connectivity index (χ1v) is 9.02. The summed E-state index contributed by atoms with van der Waals surface area (Å²) >= 11 is 0. The summed E-state index contributed by atoms with van der Waals surface area (Å²) in [7, 11) is 0. The molecule has 0 spiro atoms. The number of nitrogens with zero attached hydrogens (tertiary/aromatic N) is 2. The average Bonchev–Trinajstić information content (AvgIpc) is 3.00. The lowest BCUT2D eigenvalue weighted by Crippen LogP contribution is -2.44. The third kappa shape index (κ3) is 5.15. The Bertz CT molecular complexity index is 619. The van der Waals surface area contributed by atoms with Crippen LogP contribution in [0.3, 0.4) is 0 Å². The van der Waals surface area contributed by atoms with Gasteiger partial charge in [-0.15, -0.1) is 0 Å². The van der Waals surface area contributed by atoms with Crippen LogP contribution in [-0.2, 0) is 9.53 Å². The van der Waals surface area contributed by atoms with Gasteiger partial charge in [0.15, 0.2) is 0 Å². The van der Waals surface area contributed by atoms with E-state index in [-0.39, 0.29) is 30.2 Å². The van der Waals surface area contributed by atoms with Gasteiger partial charge < -0.3 is 20.3 Å². The minimum absolute atomic E-state index is 0.0748. The molecule has 0 unspecified atom stereocenters. The zero-order valence-corrected chi connectivity index (χ0v) is 14.7. The van der Waals surface area contributed by atoms with E-state index in [9.17, 15) is 14.0 Å². The maximum absolute atomic E-state index is 13.0. The van der Waals surface area contributed by atoms with Crippen molar-refractivity contribution in [2.75, 3.05) is 50.8 Å². The Morgan fingerprint density at radius 3 is 2.69 bits per heavy atom. The zero-order valence-electron chi connectivity index (χ0n) is 14.7. The highest BCUT2D eigenvalue weighted by molar-refractivity contribution is 5.96. The fourth-order valence-corrected chi connectivity index (χ4v) is 3.24. The largest absolute Gasteiger partial charge is 0.379 e. The molecule has 1 aromatic carbocycles. The van der Waals surface area contributed by atoms with Crippen molar-refractivity contribution >= 4 is 17.6 Å². The Hall–Kier alpha value is -2.19. The zero-order chi connectivity index (χ0) is 18.4. The van der Waals surface area contributed by atoms with E-state index < -0.39 is 0 Å². The van der Waals surface area contributed by atoms with Crippen LogP contribution in [0.4, 0.5) is 14.9 Å². The molecule has 3 rings (SSSR count). The maximum Gasteiger partial charge on any atom is 0.315 e. The molecule has 2 aliphatic heterocycles. The van der Waals surface area contributed by atoms with Crippen molar-refractivity contribution < 1.29 is 18.7 Å². The van der Waals surface area contributed by atoms with Crippen LogP contribution in [0.2, 0.25) is 0 Å². The molecule has 0 radical (unpaired) electrons. The van der Waals surface area contributed by atoms with Gasteiger partial charge in [0.25, 0.3) is 0 Å². The van der Waals surface area contributed by atoms with Crippen LogP contribution in [0.25, 0.3) is 0 Å². The average molecular weight is 364 g/mol. The molecule has 0 aliphatic carbocycles. The quantitative estimate of drug-likeness (QED) is 0.738. The minimum atomic E-state index is -0.341. The molecule has 2 heterocycles. The molecule has 8 heteroatoms. The molecule has 2 N–H and O–H groups in total.